The van der Waals surface area contributed by atoms with E-state index >= 15 is 0 Å². The largest absolute Gasteiger partial charge is 0.322 e. The Balaban J connectivity index is 1.72. The van der Waals surface area contributed by atoms with Crippen molar-refractivity contribution in [1.29, 1.82) is 0 Å². The summed E-state index contributed by atoms with van der Waals surface area (Å²) in [5, 5.41) is 5.55. The van der Waals surface area contributed by atoms with Gasteiger partial charge in [-0.25, -0.2) is 0 Å². The predicted molar refractivity (Wildman–Crippen MR) is 90.9 cm³/mol. The Morgan fingerprint density at radius 2 is 2.00 bits per heavy atom. The normalized spacial score (nSPS) is 11.0. The fourth-order valence-corrected chi connectivity index (χ4v) is 2.33. The zero-order chi connectivity index (χ0) is 15.4. The Hall–Kier alpha value is -2.65. The number of carbonyl (C=O) groups is 1. The molecule has 2 aromatic carbocycles. The number of aromatic nitrogens is 1. The van der Waals surface area contributed by atoms with Gasteiger partial charge in [-0.2, -0.15) is 0 Å². The number of carbonyl (C=O) groups excluding carboxylic acids is 1. The lowest BCUT2D eigenvalue weighted by atomic mass is 10.1. The van der Waals surface area contributed by atoms with Crippen LogP contribution < -0.4 is 5.32 Å². The summed E-state index contributed by atoms with van der Waals surface area (Å²) < 4.78 is 0. The maximum Gasteiger partial charge on any atom is 0.248 e. The molecule has 0 aliphatic carbocycles. The number of nitrogens with one attached hydrogen (secondary N) is 1. The van der Waals surface area contributed by atoms with Crippen LogP contribution in [0.5, 0.6) is 0 Å². The van der Waals surface area contributed by atoms with E-state index in [2.05, 4.69) is 10.3 Å². The minimum Gasteiger partial charge on any atom is -0.322 e. The first-order valence-electron chi connectivity index (χ1n) is 6.79. The minimum absolute atomic E-state index is 0.187. The van der Waals surface area contributed by atoms with E-state index in [4.69, 9.17) is 11.6 Å². The van der Waals surface area contributed by atoms with E-state index in [1.807, 2.05) is 36.4 Å². The maximum atomic E-state index is 12.0. The first kappa shape index (κ1) is 14.3. The van der Waals surface area contributed by atoms with Gasteiger partial charge in [0.2, 0.25) is 5.91 Å². The molecule has 0 fully saturated rings. The molecule has 0 aliphatic heterocycles. The van der Waals surface area contributed by atoms with Crippen molar-refractivity contribution in [3.63, 3.8) is 0 Å². The third-order valence-corrected chi connectivity index (χ3v) is 3.42. The van der Waals surface area contributed by atoms with Crippen molar-refractivity contribution in [3.05, 3.63) is 77.6 Å². The molecule has 0 unspecified atom stereocenters. The van der Waals surface area contributed by atoms with Crippen LogP contribution in [0.25, 0.3) is 16.8 Å². The van der Waals surface area contributed by atoms with Gasteiger partial charge in [0.1, 0.15) is 0 Å². The Kier molecular flexibility index (Phi) is 4.17. The number of pyridine rings is 1. The Morgan fingerprint density at radius 3 is 2.86 bits per heavy atom. The highest BCUT2D eigenvalue weighted by Crippen LogP contribution is 2.18. The molecular weight excluding hydrogens is 296 g/mol. The van der Waals surface area contributed by atoms with Crippen LogP contribution in [0, 0.1) is 0 Å². The van der Waals surface area contributed by atoms with E-state index in [0.29, 0.717) is 5.02 Å². The number of benzene rings is 2. The van der Waals surface area contributed by atoms with Gasteiger partial charge in [-0.15, -0.1) is 0 Å². The molecule has 0 atom stereocenters. The minimum atomic E-state index is -0.187. The molecule has 0 spiro atoms. The van der Waals surface area contributed by atoms with Crippen LogP contribution >= 0.6 is 11.6 Å². The summed E-state index contributed by atoms with van der Waals surface area (Å²) in [4.78, 5) is 16.0. The van der Waals surface area contributed by atoms with Crippen LogP contribution in [-0.2, 0) is 4.79 Å². The average Bonchev–Trinajstić information content (AvgIpc) is 2.53. The molecule has 0 bridgehead atoms. The zero-order valence-electron chi connectivity index (χ0n) is 11.7. The summed E-state index contributed by atoms with van der Waals surface area (Å²) >= 11 is 5.91. The first-order valence-corrected chi connectivity index (χ1v) is 7.17. The molecule has 4 heteroatoms. The van der Waals surface area contributed by atoms with E-state index in [9.17, 15) is 4.79 Å². The standard InChI is InChI=1S/C18H13ClN2O/c19-16-3-1-2-13(10-16)4-7-18(22)21-17-6-5-15-12-20-9-8-14(15)11-17/h1-12H,(H,21,22)/b7-4+. The van der Waals surface area contributed by atoms with Gasteiger partial charge in [0.05, 0.1) is 0 Å². The van der Waals surface area contributed by atoms with Gasteiger partial charge < -0.3 is 5.32 Å². The molecule has 1 heterocycles. The van der Waals surface area contributed by atoms with E-state index < -0.39 is 0 Å². The fraction of sp³-hybridized carbons (Fsp3) is 0. The maximum absolute atomic E-state index is 12.0. The summed E-state index contributed by atoms with van der Waals surface area (Å²) in [7, 11) is 0. The SMILES string of the molecule is O=C(/C=C/c1cccc(Cl)c1)Nc1ccc2cnccc2c1. The van der Waals surface area contributed by atoms with Gasteiger partial charge in [-0.3, -0.25) is 9.78 Å². The summed E-state index contributed by atoms with van der Waals surface area (Å²) in [5.74, 6) is -0.187. The van der Waals surface area contributed by atoms with E-state index in [1.165, 1.54) is 6.08 Å². The predicted octanol–water partition coefficient (Wildman–Crippen LogP) is 4.54. The highest BCUT2D eigenvalue weighted by molar-refractivity contribution is 6.30. The molecular formula is C18H13ClN2O. The van der Waals surface area contributed by atoms with Crippen molar-refractivity contribution in [2.24, 2.45) is 0 Å². The number of halogens is 1. The molecule has 3 nitrogen and oxygen atoms in total. The number of hydrogen-bond donors (Lipinski definition) is 1. The summed E-state index contributed by atoms with van der Waals surface area (Å²) in [6.45, 7) is 0. The molecule has 0 saturated heterocycles. The molecule has 3 rings (SSSR count). The average molecular weight is 309 g/mol. The zero-order valence-corrected chi connectivity index (χ0v) is 12.4. The molecule has 0 saturated carbocycles. The molecule has 1 amide bonds. The van der Waals surface area contributed by atoms with Crippen molar-refractivity contribution in [2.45, 2.75) is 0 Å². The third-order valence-electron chi connectivity index (χ3n) is 3.18. The number of amides is 1. The van der Waals surface area contributed by atoms with E-state index in [1.54, 1.807) is 30.6 Å². The number of fused-ring (bicyclic) bond motifs is 1. The molecule has 22 heavy (non-hydrogen) atoms. The Labute approximate surface area is 133 Å². The van der Waals surface area contributed by atoms with Crippen LogP contribution in [0.2, 0.25) is 5.02 Å². The van der Waals surface area contributed by atoms with Gasteiger partial charge in [-0.05, 0) is 47.4 Å². The van der Waals surface area contributed by atoms with E-state index in [-0.39, 0.29) is 5.91 Å². The highest BCUT2D eigenvalue weighted by Gasteiger charge is 2.00. The fourth-order valence-electron chi connectivity index (χ4n) is 2.13. The second-order valence-electron chi connectivity index (χ2n) is 4.82. The van der Waals surface area contributed by atoms with Gasteiger partial charge in [0.25, 0.3) is 0 Å². The number of nitrogens with zero attached hydrogens (tertiary/aromatic N) is 1. The van der Waals surface area contributed by atoms with Gasteiger partial charge >= 0.3 is 0 Å². The number of rotatable bonds is 3. The molecule has 1 aromatic heterocycles. The lowest BCUT2D eigenvalue weighted by molar-refractivity contribution is -0.111. The number of hydrogen-bond acceptors (Lipinski definition) is 2. The summed E-state index contributed by atoms with van der Waals surface area (Å²) in [5.41, 5.74) is 1.63. The summed E-state index contributed by atoms with van der Waals surface area (Å²) in [6.07, 6.45) is 6.74. The van der Waals surface area contributed by atoms with Gasteiger partial charge in [0.15, 0.2) is 0 Å². The smallest absolute Gasteiger partial charge is 0.248 e. The van der Waals surface area contributed by atoms with Crippen molar-refractivity contribution in [1.82, 2.24) is 4.98 Å². The molecule has 1 N–H and O–H groups in total. The lowest BCUT2D eigenvalue weighted by Gasteiger charge is -2.04. The van der Waals surface area contributed by atoms with Gasteiger partial charge in [0, 0.05) is 34.6 Å². The summed E-state index contributed by atoms with van der Waals surface area (Å²) in [6, 6.07) is 14.9. The van der Waals surface area contributed by atoms with Crippen molar-refractivity contribution in [3.8, 4) is 0 Å². The second kappa shape index (κ2) is 6.41. The van der Waals surface area contributed by atoms with Crippen molar-refractivity contribution < 1.29 is 4.79 Å². The molecule has 3 aromatic rings. The molecule has 108 valence electrons. The Bertz CT molecular complexity index is 858. The quantitative estimate of drug-likeness (QED) is 0.722. The van der Waals surface area contributed by atoms with Crippen LogP contribution in [0.1, 0.15) is 5.56 Å². The van der Waals surface area contributed by atoms with Crippen molar-refractivity contribution in [2.75, 3.05) is 5.32 Å². The Morgan fingerprint density at radius 1 is 1.09 bits per heavy atom. The van der Waals surface area contributed by atoms with Crippen LogP contribution in [0.15, 0.2) is 67.0 Å². The first-order chi connectivity index (χ1) is 10.7. The molecule has 0 radical (unpaired) electrons. The lowest BCUT2D eigenvalue weighted by Crippen LogP contribution is -2.07. The van der Waals surface area contributed by atoms with Crippen LogP contribution in [0.4, 0.5) is 5.69 Å². The monoisotopic (exact) mass is 308 g/mol. The molecule has 0 aliphatic rings. The van der Waals surface area contributed by atoms with E-state index in [0.717, 1.165) is 22.0 Å². The number of anilines is 1. The third kappa shape index (κ3) is 3.51. The van der Waals surface area contributed by atoms with Crippen LogP contribution in [-0.4, -0.2) is 10.9 Å². The highest BCUT2D eigenvalue weighted by atomic mass is 35.5. The second-order valence-corrected chi connectivity index (χ2v) is 5.25. The van der Waals surface area contributed by atoms with Gasteiger partial charge in [-0.1, -0.05) is 29.8 Å². The topological polar surface area (TPSA) is 42.0 Å². The van der Waals surface area contributed by atoms with Crippen molar-refractivity contribution >= 4 is 40.0 Å². The van der Waals surface area contributed by atoms with Crippen LogP contribution in [0.3, 0.4) is 0 Å².